The van der Waals surface area contributed by atoms with Gasteiger partial charge >= 0.3 is 0 Å². The zero-order valence-electron chi connectivity index (χ0n) is 14.4. The summed E-state index contributed by atoms with van der Waals surface area (Å²) in [6.07, 6.45) is 6.02. The van der Waals surface area contributed by atoms with Crippen molar-refractivity contribution in [3.05, 3.63) is 17.8 Å². The van der Waals surface area contributed by atoms with E-state index in [2.05, 4.69) is 38.0 Å². The Bertz CT molecular complexity index is 382. The molecule has 0 spiro atoms. The molecule has 0 radical (unpaired) electrons. The van der Waals surface area contributed by atoms with Gasteiger partial charge < -0.3 is 14.5 Å². The molecule has 0 fully saturated rings. The second-order valence-electron chi connectivity index (χ2n) is 7.14. The number of nitrogens with zero attached hydrogens (tertiary/aromatic N) is 1. The molecular weight excluding hydrogens is 264 g/mol. The van der Waals surface area contributed by atoms with Crippen molar-refractivity contribution in [3.8, 4) is 0 Å². The Morgan fingerprint density at radius 1 is 1.33 bits per heavy atom. The van der Waals surface area contributed by atoms with Gasteiger partial charge in [0.05, 0.1) is 12.8 Å². The first-order valence-corrected chi connectivity index (χ1v) is 8.04. The van der Waals surface area contributed by atoms with Crippen molar-refractivity contribution in [2.24, 2.45) is 11.3 Å². The Morgan fingerprint density at radius 3 is 2.76 bits per heavy atom. The van der Waals surface area contributed by atoms with E-state index in [0.29, 0.717) is 11.3 Å². The van der Waals surface area contributed by atoms with E-state index in [1.807, 2.05) is 6.20 Å². The van der Waals surface area contributed by atoms with E-state index in [0.717, 1.165) is 50.6 Å². The van der Waals surface area contributed by atoms with Crippen LogP contribution < -0.4 is 5.32 Å². The summed E-state index contributed by atoms with van der Waals surface area (Å²) in [7, 11) is 1.72. The van der Waals surface area contributed by atoms with Gasteiger partial charge in [0.15, 0.2) is 5.89 Å². The summed E-state index contributed by atoms with van der Waals surface area (Å²) in [6.45, 7) is 11.8. The van der Waals surface area contributed by atoms with E-state index in [1.54, 1.807) is 7.11 Å². The minimum atomic E-state index is 0.371. The molecule has 1 heterocycles. The van der Waals surface area contributed by atoms with Gasteiger partial charge in [-0.25, -0.2) is 4.98 Å². The lowest BCUT2D eigenvalue weighted by Gasteiger charge is -2.22. The van der Waals surface area contributed by atoms with Gasteiger partial charge in [-0.15, -0.1) is 0 Å². The maximum Gasteiger partial charge on any atom is 0.194 e. The number of aromatic nitrogens is 1. The average molecular weight is 296 g/mol. The molecule has 21 heavy (non-hydrogen) atoms. The van der Waals surface area contributed by atoms with E-state index < -0.39 is 0 Å². The molecule has 0 aromatic carbocycles. The van der Waals surface area contributed by atoms with E-state index in [1.165, 1.54) is 6.42 Å². The van der Waals surface area contributed by atoms with Crippen LogP contribution >= 0.6 is 0 Å². The maximum absolute atomic E-state index is 5.83. The largest absolute Gasteiger partial charge is 0.446 e. The van der Waals surface area contributed by atoms with Gasteiger partial charge in [0.25, 0.3) is 0 Å². The number of aryl methyl sites for hydroxylation is 1. The summed E-state index contributed by atoms with van der Waals surface area (Å²) in [6, 6.07) is 0. The third-order valence-corrected chi connectivity index (χ3v) is 3.34. The quantitative estimate of drug-likeness (QED) is 0.672. The molecule has 0 amide bonds. The SMILES string of the molecule is COCCNCCCc1ncc(CC(C)CC(C)(C)C)o1. The molecule has 4 heteroatoms. The van der Waals surface area contributed by atoms with Crippen LogP contribution in [-0.2, 0) is 17.6 Å². The van der Waals surface area contributed by atoms with Gasteiger partial charge in [-0.3, -0.25) is 0 Å². The predicted molar refractivity (Wildman–Crippen MR) is 86.5 cm³/mol. The number of ether oxygens (including phenoxy) is 1. The molecule has 4 nitrogen and oxygen atoms in total. The number of methoxy groups -OCH3 is 1. The highest BCUT2D eigenvalue weighted by atomic mass is 16.5. The lowest BCUT2D eigenvalue weighted by Crippen LogP contribution is -2.20. The summed E-state index contributed by atoms with van der Waals surface area (Å²) in [5.74, 6) is 2.51. The lowest BCUT2D eigenvalue weighted by molar-refractivity contribution is 0.199. The summed E-state index contributed by atoms with van der Waals surface area (Å²) >= 11 is 0. The van der Waals surface area contributed by atoms with Crippen molar-refractivity contribution in [1.29, 1.82) is 0 Å². The molecule has 1 N–H and O–H groups in total. The second kappa shape index (κ2) is 9.21. The molecule has 1 atom stereocenters. The Kier molecular flexibility index (Phi) is 7.97. The topological polar surface area (TPSA) is 47.3 Å². The van der Waals surface area contributed by atoms with Crippen molar-refractivity contribution in [2.45, 2.75) is 53.4 Å². The first kappa shape index (κ1) is 18.2. The van der Waals surface area contributed by atoms with E-state index >= 15 is 0 Å². The highest BCUT2D eigenvalue weighted by molar-refractivity contribution is 4.96. The first-order valence-electron chi connectivity index (χ1n) is 8.04. The van der Waals surface area contributed by atoms with Crippen molar-refractivity contribution < 1.29 is 9.15 Å². The smallest absolute Gasteiger partial charge is 0.194 e. The zero-order chi connectivity index (χ0) is 15.7. The number of rotatable bonds is 10. The number of hydrogen-bond donors (Lipinski definition) is 1. The van der Waals surface area contributed by atoms with Crippen molar-refractivity contribution in [3.63, 3.8) is 0 Å². The molecule has 1 unspecified atom stereocenters. The molecule has 0 aliphatic carbocycles. The highest BCUT2D eigenvalue weighted by Crippen LogP contribution is 2.26. The van der Waals surface area contributed by atoms with Crippen LogP contribution in [0.3, 0.4) is 0 Å². The molecule has 1 rings (SSSR count). The highest BCUT2D eigenvalue weighted by Gasteiger charge is 2.17. The van der Waals surface area contributed by atoms with Gasteiger partial charge in [0, 0.05) is 26.5 Å². The number of oxazole rings is 1. The van der Waals surface area contributed by atoms with Crippen LogP contribution in [0, 0.1) is 11.3 Å². The first-order chi connectivity index (χ1) is 9.90. The van der Waals surface area contributed by atoms with Crippen LogP contribution in [-0.4, -0.2) is 31.8 Å². The number of nitrogens with one attached hydrogen (secondary N) is 1. The van der Waals surface area contributed by atoms with Gasteiger partial charge in [0.1, 0.15) is 5.76 Å². The van der Waals surface area contributed by atoms with Crippen LogP contribution in [0.25, 0.3) is 0 Å². The summed E-state index contributed by atoms with van der Waals surface area (Å²) in [5, 5.41) is 3.33. The van der Waals surface area contributed by atoms with Gasteiger partial charge in [0.2, 0.25) is 0 Å². The van der Waals surface area contributed by atoms with Gasteiger partial charge in [-0.1, -0.05) is 27.7 Å². The molecule has 0 saturated heterocycles. The van der Waals surface area contributed by atoms with E-state index in [4.69, 9.17) is 9.15 Å². The van der Waals surface area contributed by atoms with E-state index in [9.17, 15) is 0 Å². The molecule has 0 saturated carbocycles. The Morgan fingerprint density at radius 2 is 2.10 bits per heavy atom. The molecule has 122 valence electrons. The molecule has 1 aromatic rings. The fourth-order valence-corrected chi connectivity index (χ4v) is 2.68. The van der Waals surface area contributed by atoms with Crippen molar-refractivity contribution in [1.82, 2.24) is 10.3 Å². The Balaban J connectivity index is 2.23. The lowest BCUT2D eigenvalue weighted by atomic mass is 9.84. The van der Waals surface area contributed by atoms with Crippen LogP contribution in [0.15, 0.2) is 10.6 Å². The fraction of sp³-hybridized carbons (Fsp3) is 0.824. The minimum absolute atomic E-state index is 0.371. The molecular formula is C17H32N2O2. The van der Waals surface area contributed by atoms with Crippen molar-refractivity contribution in [2.75, 3.05) is 26.8 Å². The standard InChI is InChI=1S/C17H32N2O2/c1-14(12-17(2,3)4)11-15-13-19-16(21-15)7-6-8-18-9-10-20-5/h13-14,18H,6-12H2,1-5H3. The third kappa shape index (κ3) is 8.89. The molecule has 0 aliphatic rings. The summed E-state index contributed by atoms with van der Waals surface area (Å²) < 4.78 is 10.8. The molecule has 0 aliphatic heterocycles. The maximum atomic E-state index is 5.83. The van der Waals surface area contributed by atoms with Crippen LogP contribution in [0.5, 0.6) is 0 Å². The minimum Gasteiger partial charge on any atom is -0.446 e. The fourth-order valence-electron chi connectivity index (χ4n) is 2.68. The molecule has 1 aromatic heterocycles. The zero-order valence-corrected chi connectivity index (χ0v) is 14.4. The predicted octanol–water partition coefficient (Wildman–Crippen LogP) is 3.46. The van der Waals surface area contributed by atoms with Gasteiger partial charge in [-0.2, -0.15) is 0 Å². The van der Waals surface area contributed by atoms with Crippen LogP contribution in [0.4, 0.5) is 0 Å². The summed E-state index contributed by atoms with van der Waals surface area (Å²) in [4.78, 5) is 4.38. The van der Waals surface area contributed by atoms with Gasteiger partial charge in [-0.05, 0) is 30.7 Å². The Hall–Kier alpha value is -0.870. The third-order valence-electron chi connectivity index (χ3n) is 3.34. The second-order valence-corrected chi connectivity index (χ2v) is 7.14. The molecule has 0 bridgehead atoms. The van der Waals surface area contributed by atoms with E-state index in [-0.39, 0.29) is 0 Å². The normalized spacial score (nSPS) is 13.6. The van der Waals surface area contributed by atoms with Crippen molar-refractivity contribution >= 4 is 0 Å². The van der Waals surface area contributed by atoms with Crippen LogP contribution in [0.1, 0.15) is 52.2 Å². The van der Waals surface area contributed by atoms with Crippen LogP contribution in [0.2, 0.25) is 0 Å². The number of hydrogen-bond acceptors (Lipinski definition) is 4. The Labute approximate surface area is 129 Å². The monoisotopic (exact) mass is 296 g/mol. The summed E-state index contributed by atoms with van der Waals surface area (Å²) in [5.41, 5.74) is 0.371. The average Bonchev–Trinajstić information content (AvgIpc) is 2.78.